The number of rotatable bonds is 7. The molecule has 296 valence electrons. The van der Waals surface area contributed by atoms with Crippen molar-refractivity contribution in [1.29, 1.82) is 0 Å². The van der Waals surface area contributed by atoms with Gasteiger partial charge in [-0.2, -0.15) is 36.5 Å². The number of benzene rings is 2. The van der Waals surface area contributed by atoms with E-state index < -0.39 is 35.5 Å². The fraction of sp³-hybridized carbons (Fsp3) is 0.237. The molecule has 0 saturated carbocycles. The maximum absolute atomic E-state index is 13.6. The number of aromatic nitrogens is 6. The largest absolute Gasteiger partial charge is 0.435 e. The molecule has 0 bridgehead atoms. The highest BCUT2D eigenvalue weighted by molar-refractivity contribution is 6.11. The molecule has 2 radical (unpaired) electrons. The summed E-state index contributed by atoms with van der Waals surface area (Å²) in [5, 5.41) is 12.3. The Labute approximate surface area is 322 Å². The molecule has 6 aromatic rings. The Kier molecular flexibility index (Phi) is 13.4. The third kappa shape index (κ3) is 11.5. The van der Waals surface area contributed by atoms with Crippen molar-refractivity contribution in [2.24, 2.45) is 14.1 Å². The van der Waals surface area contributed by atoms with Gasteiger partial charge in [-0.1, -0.05) is 30.3 Å². The second-order valence-electron chi connectivity index (χ2n) is 12.4. The van der Waals surface area contributed by atoms with Crippen LogP contribution in [0, 0.1) is 11.6 Å². The van der Waals surface area contributed by atoms with Crippen molar-refractivity contribution >= 4 is 25.4 Å². The van der Waals surface area contributed by atoms with Crippen molar-refractivity contribution in [1.82, 2.24) is 29.5 Å². The zero-order valence-corrected chi connectivity index (χ0v) is 30.2. The molecule has 5 heterocycles. The van der Waals surface area contributed by atoms with Gasteiger partial charge in [0.05, 0.1) is 17.0 Å². The molecule has 1 aliphatic heterocycles. The lowest BCUT2D eigenvalue weighted by molar-refractivity contribution is -0.142. The van der Waals surface area contributed by atoms with E-state index in [-0.39, 0.29) is 35.4 Å². The summed E-state index contributed by atoms with van der Waals surface area (Å²) < 4.78 is 111. The molecule has 57 heavy (non-hydrogen) atoms. The average Bonchev–Trinajstić information content (AvgIpc) is 3.92. The van der Waals surface area contributed by atoms with Crippen LogP contribution in [-0.4, -0.2) is 55.9 Å². The van der Waals surface area contributed by atoms with Crippen LogP contribution < -0.4 is 10.6 Å². The Morgan fingerprint density at radius 2 is 1.30 bits per heavy atom. The van der Waals surface area contributed by atoms with E-state index in [1.165, 1.54) is 62.9 Å². The van der Waals surface area contributed by atoms with Gasteiger partial charge in [-0.3, -0.25) is 14.2 Å². The first kappa shape index (κ1) is 42.0. The van der Waals surface area contributed by atoms with Crippen molar-refractivity contribution < 1.29 is 44.7 Å². The topological polar surface area (TPSA) is 112 Å². The van der Waals surface area contributed by atoms with Gasteiger partial charge in [0.2, 0.25) is 0 Å². The number of hydrogen-bond acceptors (Lipinski definition) is 7. The quantitative estimate of drug-likeness (QED) is 0.123. The number of nitrogens with zero attached hydrogens (tertiary/aromatic N) is 6. The summed E-state index contributed by atoms with van der Waals surface area (Å²) in [5.74, 6) is -1.04. The summed E-state index contributed by atoms with van der Waals surface area (Å²) in [7, 11) is 8.14. The molecule has 1 saturated heterocycles. The minimum Gasteiger partial charge on any atom is -0.388 e. The molecule has 1 atom stereocenters. The maximum Gasteiger partial charge on any atom is 0.435 e. The first-order valence-corrected chi connectivity index (χ1v) is 17.0. The molecule has 2 N–H and O–H groups in total. The van der Waals surface area contributed by atoms with E-state index >= 15 is 0 Å². The SMILES string of the molecule is Cn1nc(C(F)(F)F)cc1-c1ccc(NC(=O)c2ccccc2F)nc1.Cn1nc(C(F)(F)F)cc1-c1ccc(NCc2ccccc2F)nc1.[B]C1CCCO1. The molecule has 2 aromatic carbocycles. The number of carbonyl (C=O) groups is 1. The predicted octanol–water partition coefficient (Wildman–Crippen LogP) is 8.44. The summed E-state index contributed by atoms with van der Waals surface area (Å²) in [4.78, 5) is 20.2. The second-order valence-corrected chi connectivity index (χ2v) is 12.4. The van der Waals surface area contributed by atoms with Crippen molar-refractivity contribution in [3.8, 4) is 22.5 Å². The Bertz CT molecular complexity index is 2250. The van der Waals surface area contributed by atoms with Crippen molar-refractivity contribution in [2.45, 2.75) is 37.7 Å². The van der Waals surface area contributed by atoms with E-state index in [4.69, 9.17) is 12.6 Å². The Hall–Kier alpha value is -6.11. The number of ether oxygens (including phenoxy) is 1. The highest BCUT2D eigenvalue weighted by Gasteiger charge is 2.35. The van der Waals surface area contributed by atoms with E-state index in [0.717, 1.165) is 47.0 Å². The van der Waals surface area contributed by atoms with E-state index in [9.17, 15) is 39.9 Å². The molecule has 10 nitrogen and oxygen atoms in total. The van der Waals surface area contributed by atoms with Gasteiger partial charge >= 0.3 is 12.4 Å². The lowest BCUT2D eigenvalue weighted by Crippen LogP contribution is -2.14. The van der Waals surface area contributed by atoms with E-state index in [0.29, 0.717) is 28.2 Å². The summed E-state index contributed by atoms with van der Waals surface area (Å²) in [6.07, 6.45) is -4.11. The van der Waals surface area contributed by atoms with Gasteiger partial charge in [-0.25, -0.2) is 18.7 Å². The summed E-state index contributed by atoms with van der Waals surface area (Å²) >= 11 is 0. The average molecular weight is 797 g/mol. The van der Waals surface area contributed by atoms with Crippen molar-refractivity contribution in [3.63, 3.8) is 0 Å². The van der Waals surface area contributed by atoms with Crippen LogP contribution in [0.25, 0.3) is 22.5 Å². The highest BCUT2D eigenvalue weighted by atomic mass is 19.4. The van der Waals surface area contributed by atoms with Crippen LogP contribution in [0.2, 0.25) is 0 Å². The van der Waals surface area contributed by atoms with Gasteiger partial charge in [0.15, 0.2) is 11.4 Å². The lowest BCUT2D eigenvalue weighted by Gasteiger charge is -2.07. The van der Waals surface area contributed by atoms with Gasteiger partial charge in [-0.15, -0.1) is 0 Å². The van der Waals surface area contributed by atoms with E-state index in [2.05, 4.69) is 30.8 Å². The normalized spacial score (nSPS) is 13.9. The van der Waals surface area contributed by atoms with Crippen LogP contribution in [0.4, 0.5) is 46.8 Å². The zero-order valence-electron chi connectivity index (χ0n) is 30.2. The monoisotopic (exact) mass is 796 g/mol. The molecule has 1 aliphatic rings. The van der Waals surface area contributed by atoms with Crippen LogP contribution >= 0.6 is 0 Å². The number of nitrogens with one attached hydrogen (secondary N) is 2. The molecule has 1 fully saturated rings. The standard InChI is InChI=1S/C17H12F4N4O.C17H14F4N4.C4H7BO/c1-25-13(8-14(24-25)17(19,20)21)10-6-7-15(22-9-10)23-16(26)11-4-2-3-5-12(11)18;1-25-14(8-15(24-25)17(19,20)21)12-6-7-16(23-10-12)22-9-11-4-2-3-5-13(11)18;5-4-2-1-3-6-4/h2-9H,1H3,(H,22,23,26);2-8,10H,9H2,1H3,(H,22,23);4H,1-3H2. The molecule has 0 aliphatic carbocycles. The molecular formula is C38H33BF8N8O2. The number of hydrogen-bond donors (Lipinski definition) is 2. The van der Waals surface area contributed by atoms with Gasteiger partial charge in [0.1, 0.15) is 31.1 Å². The molecule has 0 spiro atoms. The second kappa shape index (κ2) is 18.2. The van der Waals surface area contributed by atoms with E-state index in [1.807, 2.05) is 0 Å². The minimum atomic E-state index is -4.54. The van der Waals surface area contributed by atoms with Gasteiger partial charge in [-0.05, 0) is 67.4 Å². The first-order valence-electron chi connectivity index (χ1n) is 17.0. The number of halogens is 8. The summed E-state index contributed by atoms with van der Waals surface area (Å²) in [6, 6.07) is 19.9. The Balaban J connectivity index is 0.000000190. The maximum atomic E-state index is 13.6. The molecule has 7 rings (SSSR count). The number of amides is 1. The van der Waals surface area contributed by atoms with Gasteiger partial charge in [0, 0.05) is 62.3 Å². The van der Waals surface area contributed by atoms with Crippen molar-refractivity contribution in [3.05, 3.63) is 131 Å². The molecule has 4 aromatic heterocycles. The fourth-order valence-corrected chi connectivity index (χ4v) is 5.28. The van der Waals surface area contributed by atoms with Crippen LogP contribution in [0.15, 0.2) is 97.3 Å². The predicted molar refractivity (Wildman–Crippen MR) is 196 cm³/mol. The van der Waals surface area contributed by atoms with Crippen LogP contribution in [0.1, 0.15) is 40.2 Å². The number of pyridine rings is 2. The summed E-state index contributed by atoms with van der Waals surface area (Å²) in [5.41, 5.74) is -0.188. The third-order valence-electron chi connectivity index (χ3n) is 8.20. The number of alkyl halides is 6. The molecular weight excluding hydrogens is 763 g/mol. The number of carbonyl (C=O) groups excluding carboxylic acids is 1. The molecule has 1 unspecified atom stereocenters. The Morgan fingerprint density at radius 1 is 0.772 bits per heavy atom. The molecule has 19 heteroatoms. The fourth-order valence-electron chi connectivity index (χ4n) is 5.28. The molecule has 1 amide bonds. The highest BCUT2D eigenvalue weighted by Crippen LogP contribution is 2.32. The number of anilines is 2. The van der Waals surface area contributed by atoms with Gasteiger partial charge in [0.25, 0.3) is 5.91 Å². The minimum absolute atomic E-state index is 0.0463. The van der Waals surface area contributed by atoms with Crippen LogP contribution in [0.3, 0.4) is 0 Å². The third-order valence-corrected chi connectivity index (χ3v) is 8.20. The van der Waals surface area contributed by atoms with Crippen LogP contribution in [0.5, 0.6) is 0 Å². The smallest absolute Gasteiger partial charge is 0.388 e. The van der Waals surface area contributed by atoms with E-state index in [1.54, 1.807) is 30.3 Å². The summed E-state index contributed by atoms with van der Waals surface area (Å²) in [6.45, 7) is 1.12. The Morgan fingerprint density at radius 3 is 1.72 bits per heavy atom. The van der Waals surface area contributed by atoms with Crippen LogP contribution in [-0.2, 0) is 37.7 Å². The van der Waals surface area contributed by atoms with Gasteiger partial charge < -0.3 is 15.4 Å². The zero-order chi connectivity index (χ0) is 41.3. The van der Waals surface area contributed by atoms with Crippen molar-refractivity contribution in [2.75, 3.05) is 17.2 Å². The first-order chi connectivity index (χ1) is 27.0. The number of aryl methyl sites for hydroxylation is 2. The lowest BCUT2D eigenvalue weighted by atomic mass is 9.98.